The van der Waals surface area contributed by atoms with Gasteiger partial charge in [0.1, 0.15) is 0 Å². The number of benzene rings is 1. The molecule has 0 bridgehead atoms. The van der Waals surface area contributed by atoms with Crippen LogP contribution in [0.15, 0.2) is 42.5 Å². The molecule has 1 rings (SSSR count). The Morgan fingerprint density at radius 3 is 2.41 bits per heavy atom. The normalized spacial score (nSPS) is 17.0. The first-order chi connectivity index (χ1) is 10.5. The second-order valence-corrected chi connectivity index (χ2v) is 5.55. The molecule has 0 radical (unpaired) electrons. The zero-order valence-corrected chi connectivity index (χ0v) is 13.7. The molecule has 4 heteroatoms. The van der Waals surface area contributed by atoms with E-state index in [4.69, 9.17) is 4.74 Å². The van der Waals surface area contributed by atoms with Crippen molar-refractivity contribution in [2.75, 3.05) is 7.11 Å². The number of rotatable bonds is 8. The minimum Gasteiger partial charge on any atom is -0.469 e. The largest absolute Gasteiger partial charge is 0.469 e. The van der Waals surface area contributed by atoms with Gasteiger partial charge in [0, 0.05) is 5.92 Å². The minimum atomic E-state index is -0.634. The van der Waals surface area contributed by atoms with Gasteiger partial charge < -0.3 is 14.6 Å². The van der Waals surface area contributed by atoms with Crippen molar-refractivity contribution in [3.8, 4) is 0 Å². The van der Waals surface area contributed by atoms with E-state index in [9.17, 15) is 9.90 Å². The van der Waals surface area contributed by atoms with Crippen LogP contribution in [-0.2, 0) is 20.9 Å². The number of carbonyl (C=O) groups excluding carboxylic acids is 1. The minimum absolute atomic E-state index is 0.113. The van der Waals surface area contributed by atoms with Gasteiger partial charge in [-0.3, -0.25) is 4.79 Å². The van der Waals surface area contributed by atoms with Gasteiger partial charge in [0.25, 0.3) is 0 Å². The molecule has 0 spiro atoms. The molecule has 4 atom stereocenters. The lowest BCUT2D eigenvalue weighted by Gasteiger charge is -2.23. The van der Waals surface area contributed by atoms with Crippen LogP contribution in [-0.4, -0.2) is 30.4 Å². The van der Waals surface area contributed by atoms with Crippen molar-refractivity contribution in [2.45, 2.75) is 39.6 Å². The fourth-order valence-corrected chi connectivity index (χ4v) is 2.05. The monoisotopic (exact) mass is 306 g/mol. The topological polar surface area (TPSA) is 55.8 Å². The first-order valence-corrected chi connectivity index (χ1v) is 7.55. The van der Waals surface area contributed by atoms with Crippen LogP contribution in [0.1, 0.15) is 26.3 Å². The Kier molecular flexibility index (Phi) is 7.85. The molecule has 1 aromatic carbocycles. The summed E-state index contributed by atoms with van der Waals surface area (Å²) in [6.07, 6.45) is 2.65. The van der Waals surface area contributed by atoms with Gasteiger partial charge in [-0.1, -0.05) is 49.4 Å². The number of esters is 1. The molecule has 22 heavy (non-hydrogen) atoms. The van der Waals surface area contributed by atoms with E-state index in [-0.39, 0.29) is 23.9 Å². The van der Waals surface area contributed by atoms with Crippen molar-refractivity contribution < 1.29 is 19.4 Å². The fraction of sp³-hybridized carbons (Fsp3) is 0.500. The predicted molar refractivity (Wildman–Crippen MR) is 86.2 cm³/mol. The molecule has 122 valence electrons. The maximum Gasteiger partial charge on any atom is 0.312 e. The second-order valence-electron chi connectivity index (χ2n) is 5.55. The van der Waals surface area contributed by atoms with E-state index in [1.54, 1.807) is 13.0 Å². The van der Waals surface area contributed by atoms with Gasteiger partial charge in [-0.15, -0.1) is 0 Å². The maximum absolute atomic E-state index is 11.3. The summed E-state index contributed by atoms with van der Waals surface area (Å²) in [6.45, 7) is 5.97. The Balaban J connectivity index is 2.46. The summed E-state index contributed by atoms with van der Waals surface area (Å²) in [7, 11) is 1.37. The zero-order chi connectivity index (χ0) is 16.5. The highest BCUT2D eigenvalue weighted by atomic mass is 16.5. The van der Waals surface area contributed by atoms with Crippen LogP contribution in [0.4, 0.5) is 0 Å². The number of carbonyl (C=O) groups is 1. The molecule has 0 aliphatic heterocycles. The Bertz CT molecular complexity index is 469. The highest BCUT2D eigenvalue weighted by Crippen LogP contribution is 2.15. The number of ether oxygens (including phenoxy) is 2. The quantitative estimate of drug-likeness (QED) is 0.592. The van der Waals surface area contributed by atoms with Gasteiger partial charge in [0.15, 0.2) is 0 Å². The molecule has 0 amide bonds. The molecular weight excluding hydrogens is 280 g/mol. The van der Waals surface area contributed by atoms with Gasteiger partial charge in [-0.05, 0) is 19.4 Å². The van der Waals surface area contributed by atoms with Gasteiger partial charge in [0.2, 0.25) is 0 Å². The lowest BCUT2D eigenvalue weighted by molar-refractivity contribution is -0.143. The summed E-state index contributed by atoms with van der Waals surface area (Å²) < 4.78 is 10.4. The van der Waals surface area contributed by atoms with Crippen molar-refractivity contribution in [1.29, 1.82) is 0 Å². The first kappa shape index (κ1) is 18.4. The summed E-state index contributed by atoms with van der Waals surface area (Å²) in [6, 6.07) is 9.84. The Morgan fingerprint density at radius 1 is 1.18 bits per heavy atom. The average Bonchev–Trinajstić information content (AvgIpc) is 2.56. The van der Waals surface area contributed by atoms with E-state index >= 15 is 0 Å². The lowest BCUT2D eigenvalue weighted by Crippen LogP contribution is -2.31. The van der Waals surface area contributed by atoms with E-state index in [1.807, 2.05) is 50.3 Å². The van der Waals surface area contributed by atoms with E-state index in [1.165, 1.54) is 7.11 Å². The number of hydrogen-bond donors (Lipinski definition) is 1. The van der Waals surface area contributed by atoms with Crippen molar-refractivity contribution in [3.05, 3.63) is 48.0 Å². The Labute approximate surface area is 132 Å². The van der Waals surface area contributed by atoms with E-state index in [0.29, 0.717) is 6.61 Å². The average molecular weight is 306 g/mol. The van der Waals surface area contributed by atoms with Crippen molar-refractivity contribution >= 4 is 5.97 Å². The number of methoxy groups -OCH3 is 1. The molecule has 0 saturated heterocycles. The van der Waals surface area contributed by atoms with Crippen molar-refractivity contribution in [1.82, 2.24) is 0 Å². The van der Waals surface area contributed by atoms with Crippen LogP contribution in [0.3, 0.4) is 0 Å². The molecule has 0 heterocycles. The van der Waals surface area contributed by atoms with Crippen molar-refractivity contribution in [2.24, 2.45) is 11.8 Å². The predicted octanol–water partition coefficient (Wildman–Crippen LogP) is 2.95. The van der Waals surface area contributed by atoms with Crippen LogP contribution in [0, 0.1) is 11.8 Å². The molecule has 0 saturated carbocycles. The highest BCUT2D eigenvalue weighted by Gasteiger charge is 2.20. The molecule has 4 nitrogen and oxygen atoms in total. The molecule has 1 N–H and O–H groups in total. The van der Waals surface area contributed by atoms with Crippen LogP contribution in [0.2, 0.25) is 0 Å². The van der Waals surface area contributed by atoms with Crippen LogP contribution >= 0.6 is 0 Å². The summed E-state index contributed by atoms with van der Waals surface area (Å²) >= 11 is 0. The third-order valence-corrected chi connectivity index (χ3v) is 3.65. The van der Waals surface area contributed by atoms with Crippen molar-refractivity contribution in [3.63, 3.8) is 0 Å². The van der Waals surface area contributed by atoms with Gasteiger partial charge in [0.05, 0.1) is 31.8 Å². The smallest absolute Gasteiger partial charge is 0.312 e. The van der Waals surface area contributed by atoms with Gasteiger partial charge in [-0.2, -0.15) is 0 Å². The third kappa shape index (κ3) is 6.00. The number of hydrogen-bond acceptors (Lipinski definition) is 4. The second kappa shape index (κ2) is 9.38. The van der Waals surface area contributed by atoms with Crippen LogP contribution in [0.5, 0.6) is 0 Å². The van der Waals surface area contributed by atoms with Gasteiger partial charge >= 0.3 is 5.97 Å². The third-order valence-electron chi connectivity index (χ3n) is 3.65. The van der Waals surface area contributed by atoms with E-state index in [2.05, 4.69) is 4.74 Å². The molecule has 0 aromatic heterocycles. The molecule has 1 aromatic rings. The van der Waals surface area contributed by atoms with Crippen LogP contribution < -0.4 is 0 Å². The van der Waals surface area contributed by atoms with Crippen LogP contribution in [0.25, 0.3) is 0 Å². The molecule has 0 aliphatic rings. The summed E-state index contributed by atoms with van der Waals surface area (Å²) in [5.74, 6) is -0.718. The highest BCUT2D eigenvalue weighted by molar-refractivity contribution is 5.73. The Hall–Kier alpha value is -1.65. The zero-order valence-electron chi connectivity index (χ0n) is 13.7. The molecule has 0 aliphatic carbocycles. The summed E-state index contributed by atoms with van der Waals surface area (Å²) in [5.41, 5.74) is 1.07. The molecule has 0 unspecified atom stereocenters. The lowest BCUT2D eigenvalue weighted by atomic mass is 9.98. The first-order valence-electron chi connectivity index (χ1n) is 7.55. The summed E-state index contributed by atoms with van der Waals surface area (Å²) in [4.78, 5) is 11.3. The maximum atomic E-state index is 11.3. The van der Waals surface area contributed by atoms with Gasteiger partial charge in [-0.25, -0.2) is 0 Å². The SMILES string of the molecule is COC(=O)[C@H](C)/C=C/[C@H](C)[C@@H](O)[C@H](C)OCc1ccccc1. The number of aliphatic hydroxyl groups is 1. The summed E-state index contributed by atoms with van der Waals surface area (Å²) in [5, 5.41) is 10.3. The Morgan fingerprint density at radius 2 is 1.82 bits per heavy atom. The standard InChI is InChI=1S/C18H26O4/c1-13(10-11-14(2)18(20)21-4)17(19)15(3)22-12-16-8-6-5-7-9-16/h5-11,13-15,17,19H,12H2,1-4H3/b11-10+/t13-,14+,15-,17+/m0/s1. The molecule has 0 fully saturated rings. The molecular formula is C18H26O4. The van der Waals surface area contributed by atoms with E-state index < -0.39 is 6.10 Å². The number of aliphatic hydroxyl groups excluding tert-OH is 1. The van der Waals surface area contributed by atoms with E-state index in [0.717, 1.165) is 5.56 Å². The fourth-order valence-electron chi connectivity index (χ4n) is 2.05.